The molecule has 0 fully saturated rings. The number of hydrogen-bond acceptors (Lipinski definition) is 5. The summed E-state index contributed by atoms with van der Waals surface area (Å²) in [6, 6.07) is 11.3. The molecule has 0 aliphatic rings. The number of thiophene rings is 1. The molecule has 1 N–H and O–H groups in total. The molecule has 28 heavy (non-hydrogen) atoms. The summed E-state index contributed by atoms with van der Waals surface area (Å²) in [4.78, 5) is 25.2. The van der Waals surface area contributed by atoms with E-state index in [1.54, 1.807) is 18.4 Å². The number of amides is 1. The minimum atomic E-state index is -0.264. The van der Waals surface area contributed by atoms with Crippen LogP contribution in [-0.4, -0.2) is 27.2 Å². The van der Waals surface area contributed by atoms with E-state index in [9.17, 15) is 9.59 Å². The molecule has 0 radical (unpaired) electrons. The number of benzene rings is 1. The van der Waals surface area contributed by atoms with Gasteiger partial charge in [0, 0.05) is 13.0 Å². The molecular weight excluding hydrogens is 376 g/mol. The van der Waals surface area contributed by atoms with Gasteiger partial charge < -0.3 is 10.1 Å². The second-order valence-electron chi connectivity index (χ2n) is 6.39. The third-order valence-corrected chi connectivity index (χ3v) is 5.48. The zero-order valence-electron chi connectivity index (χ0n) is 15.6. The molecule has 4 aromatic rings. The predicted molar refractivity (Wildman–Crippen MR) is 109 cm³/mol. The van der Waals surface area contributed by atoms with Crippen LogP contribution in [0.15, 0.2) is 46.6 Å². The van der Waals surface area contributed by atoms with E-state index in [4.69, 9.17) is 4.74 Å². The van der Waals surface area contributed by atoms with Crippen molar-refractivity contribution in [1.82, 2.24) is 19.5 Å². The molecule has 0 saturated carbocycles. The number of carbonyl (C=O) groups excluding carboxylic acids is 1. The number of aromatic nitrogens is 3. The van der Waals surface area contributed by atoms with Crippen LogP contribution >= 0.6 is 11.3 Å². The monoisotopic (exact) mass is 396 g/mol. The molecule has 3 heterocycles. The first-order valence-corrected chi connectivity index (χ1v) is 9.87. The van der Waals surface area contributed by atoms with Crippen molar-refractivity contribution in [3.8, 4) is 5.75 Å². The van der Waals surface area contributed by atoms with Gasteiger partial charge in [-0.1, -0.05) is 19.1 Å². The normalized spacial score (nSPS) is 11.2. The highest BCUT2D eigenvalue weighted by molar-refractivity contribution is 7.17. The molecule has 0 atom stereocenters. The Labute approximate surface area is 165 Å². The Hall–Kier alpha value is -3.13. The molecule has 7 nitrogen and oxygen atoms in total. The van der Waals surface area contributed by atoms with Crippen LogP contribution in [0.3, 0.4) is 0 Å². The quantitative estimate of drug-likeness (QED) is 0.543. The van der Waals surface area contributed by atoms with Crippen LogP contribution in [0.4, 0.5) is 0 Å². The molecule has 3 aromatic heterocycles. The van der Waals surface area contributed by atoms with Gasteiger partial charge in [0.05, 0.1) is 17.3 Å². The van der Waals surface area contributed by atoms with Crippen molar-refractivity contribution in [2.24, 2.45) is 0 Å². The Morgan fingerprint density at radius 3 is 2.71 bits per heavy atom. The number of hydrogen-bond donors (Lipinski definition) is 1. The van der Waals surface area contributed by atoms with Gasteiger partial charge in [0.2, 0.25) is 5.91 Å². The molecular formula is C20H20N4O3S. The first-order valence-electron chi connectivity index (χ1n) is 8.99. The molecule has 0 saturated heterocycles. The van der Waals surface area contributed by atoms with Crippen LogP contribution in [-0.2, 0) is 24.3 Å². The molecule has 0 spiro atoms. The number of carbonyl (C=O) groups is 1. The molecule has 4 rings (SSSR count). The van der Waals surface area contributed by atoms with Crippen molar-refractivity contribution in [1.29, 1.82) is 0 Å². The second kappa shape index (κ2) is 7.47. The summed E-state index contributed by atoms with van der Waals surface area (Å²) in [5.74, 6) is 1.26. The van der Waals surface area contributed by atoms with Crippen LogP contribution in [0.2, 0.25) is 0 Å². The van der Waals surface area contributed by atoms with Gasteiger partial charge in [0.15, 0.2) is 0 Å². The topological polar surface area (TPSA) is 77.6 Å². The van der Waals surface area contributed by atoms with Crippen LogP contribution in [0.1, 0.15) is 18.3 Å². The van der Waals surface area contributed by atoms with E-state index in [-0.39, 0.29) is 18.0 Å². The van der Waals surface area contributed by atoms with Gasteiger partial charge in [-0.05, 0) is 35.2 Å². The minimum Gasteiger partial charge on any atom is -0.497 e. The maximum Gasteiger partial charge on any atom is 0.291 e. The summed E-state index contributed by atoms with van der Waals surface area (Å²) in [7, 11) is 1.61. The Balaban J connectivity index is 1.55. The van der Waals surface area contributed by atoms with Gasteiger partial charge in [-0.15, -0.1) is 11.3 Å². The molecule has 1 aromatic carbocycles. The number of methoxy groups -OCH3 is 1. The molecule has 0 bridgehead atoms. The molecule has 8 heteroatoms. The lowest BCUT2D eigenvalue weighted by Gasteiger charge is -2.10. The highest BCUT2D eigenvalue weighted by atomic mass is 32.1. The summed E-state index contributed by atoms with van der Waals surface area (Å²) in [5, 5.41) is 9.26. The van der Waals surface area contributed by atoms with Crippen LogP contribution in [0, 0.1) is 0 Å². The maximum atomic E-state index is 12.8. The fourth-order valence-corrected chi connectivity index (χ4v) is 4.00. The summed E-state index contributed by atoms with van der Waals surface area (Å²) < 4.78 is 9.30. The van der Waals surface area contributed by atoms with Crippen molar-refractivity contribution in [2.45, 2.75) is 26.4 Å². The largest absolute Gasteiger partial charge is 0.497 e. The van der Waals surface area contributed by atoms with Gasteiger partial charge in [-0.3, -0.25) is 14.0 Å². The van der Waals surface area contributed by atoms with E-state index < -0.39 is 0 Å². The third-order valence-electron chi connectivity index (χ3n) is 4.63. The van der Waals surface area contributed by atoms with Crippen LogP contribution in [0.5, 0.6) is 5.75 Å². The van der Waals surface area contributed by atoms with Gasteiger partial charge in [0.25, 0.3) is 5.56 Å². The Morgan fingerprint density at radius 1 is 1.21 bits per heavy atom. The van der Waals surface area contributed by atoms with Crippen molar-refractivity contribution in [3.05, 3.63) is 63.5 Å². The molecule has 0 aliphatic carbocycles. The van der Waals surface area contributed by atoms with Gasteiger partial charge in [-0.2, -0.15) is 5.10 Å². The average molecular weight is 396 g/mol. The van der Waals surface area contributed by atoms with E-state index in [1.807, 2.05) is 53.1 Å². The Kier molecular flexibility index (Phi) is 4.87. The number of aryl methyl sites for hydroxylation is 1. The van der Waals surface area contributed by atoms with E-state index in [1.165, 1.54) is 4.68 Å². The van der Waals surface area contributed by atoms with E-state index in [0.29, 0.717) is 18.5 Å². The SMILES string of the molecule is CCc1nn(CC(=O)NCc2ccc(OC)cc2)c(=O)c2cc3sccc3n12. The average Bonchev–Trinajstić information content (AvgIpc) is 3.31. The van der Waals surface area contributed by atoms with Crippen molar-refractivity contribution in [2.75, 3.05) is 7.11 Å². The van der Waals surface area contributed by atoms with Gasteiger partial charge in [0.1, 0.15) is 23.6 Å². The molecule has 0 aliphatic heterocycles. The van der Waals surface area contributed by atoms with Crippen molar-refractivity contribution >= 4 is 33.0 Å². The summed E-state index contributed by atoms with van der Waals surface area (Å²) >= 11 is 1.58. The summed E-state index contributed by atoms with van der Waals surface area (Å²) in [6.07, 6.45) is 0.657. The van der Waals surface area contributed by atoms with Crippen molar-refractivity contribution < 1.29 is 9.53 Å². The number of ether oxygens (including phenoxy) is 1. The standard InChI is InChI=1S/C20H20N4O3S/c1-3-18-22-23(20(26)16-10-17-15(24(16)18)8-9-28-17)12-19(25)21-11-13-4-6-14(27-2)7-5-13/h4-10H,3,11-12H2,1-2H3,(H,21,25). The summed E-state index contributed by atoms with van der Waals surface area (Å²) in [5.41, 5.74) is 2.22. The highest BCUT2D eigenvalue weighted by Gasteiger charge is 2.15. The molecule has 1 amide bonds. The zero-order chi connectivity index (χ0) is 19.7. The first-order chi connectivity index (χ1) is 13.6. The molecule has 144 valence electrons. The van der Waals surface area contributed by atoms with Crippen LogP contribution in [0.25, 0.3) is 15.7 Å². The summed E-state index contributed by atoms with van der Waals surface area (Å²) in [6.45, 7) is 2.25. The lowest BCUT2D eigenvalue weighted by molar-refractivity contribution is -0.122. The minimum absolute atomic E-state index is 0.114. The Morgan fingerprint density at radius 2 is 2.00 bits per heavy atom. The lowest BCUT2D eigenvalue weighted by atomic mass is 10.2. The predicted octanol–water partition coefficient (Wildman–Crippen LogP) is 2.60. The fraction of sp³-hybridized carbons (Fsp3) is 0.250. The highest BCUT2D eigenvalue weighted by Crippen LogP contribution is 2.24. The lowest BCUT2D eigenvalue weighted by Crippen LogP contribution is -2.35. The number of nitrogens with zero attached hydrogens (tertiary/aromatic N) is 3. The smallest absolute Gasteiger partial charge is 0.291 e. The third kappa shape index (κ3) is 3.27. The van der Waals surface area contributed by atoms with Crippen LogP contribution < -0.4 is 15.6 Å². The second-order valence-corrected chi connectivity index (χ2v) is 7.34. The van der Waals surface area contributed by atoms with E-state index >= 15 is 0 Å². The first kappa shape index (κ1) is 18.2. The maximum absolute atomic E-state index is 12.8. The van der Waals surface area contributed by atoms with Gasteiger partial charge >= 0.3 is 0 Å². The van der Waals surface area contributed by atoms with E-state index in [0.717, 1.165) is 27.4 Å². The van der Waals surface area contributed by atoms with E-state index in [2.05, 4.69) is 10.4 Å². The Bertz CT molecular complexity index is 1200. The number of rotatable bonds is 6. The van der Waals surface area contributed by atoms with Gasteiger partial charge in [-0.25, -0.2) is 4.68 Å². The zero-order valence-corrected chi connectivity index (χ0v) is 16.5. The molecule has 0 unspecified atom stereocenters. The van der Waals surface area contributed by atoms with Crippen molar-refractivity contribution in [3.63, 3.8) is 0 Å². The fourth-order valence-electron chi connectivity index (χ4n) is 3.19. The number of fused-ring (bicyclic) bond motifs is 3. The number of nitrogens with one attached hydrogen (secondary N) is 1.